The Morgan fingerprint density at radius 1 is 1.33 bits per heavy atom. The van der Waals surface area contributed by atoms with Crippen molar-refractivity contribution in [2.45, 2.75) is 10.9 Å². The molecule has 2 aromatic heterocycles. The Morgan fingerprint density at radius 2 is 2.24 bits per heavy atom. The van der Waals surface area contributed by atoms with Crippen molar-refractivity contribution in [1.82, 2.24) is 15.3 Å². The minimum absolute atomic E-state index is 0.499. The number of nitrogens with zero attached hydrogens (tertiary/aromatic N) is 1. The monoisotopic (exact) mass is 315 g/mol. The number of H-pyrrole nitrogens is 1. The minimum Gasteiger partial charge on any atom is -0.609 e. The summed E-state index contributed by atoms with van der Waals surface area (Å²) in [5.41, 5.74) is 1.79. The number of imidazole rings is 1. The molecule has 0 bridgehead atoms. The number of nitrogens with one attached hydrogen (secondary N) is 2. The molecule has 4 rings (SSSR count). The Kier molecular flexibility index (Phi) is 3.21. The molecule has 0 saturated carbocycles. The van der Waals surface area contributed by atoms with Crippen LogP contribution in [0.3, 0.4) is 0 Å². The van der Waals surface area contributed by atoms with Gasteiger partial charge in [0, 0.05) is 23.9 Å². The first-order chi connectivity index (χ1) is 10.3. The Hall–Kier alpha value is -1.76. The van der Waals surface area contributed by atoms with E-state index in [2.05, 4.69) is 27.4 Å². The van der Waals surface area contributed by atoms with Gasteiger partial charge in [0.2, 0.25) is 0 Å². The lowest BCUT2D eigenvalue weighted by Crippen LogP contribution is -2.28. The molecule has 106 valence electrons. The molecule has 0 aliphatic carbocycles. The Balaban J connectivity index is 1.63. The maximum Gasteiger partial charge on any atom is 0.321 e. The highest BCUT2D eigenvalue weighted by Crippen LogP contribution is 2.18. The molecule has 3 aromatic rings. The molecule has 4 nitrogen and oxygen atoms in total. The SMILES string of the molecule is [O-][S+](Cc1cc2c(s1)=CNCC=2)c1nc2ccccc2[nH]1. The van der Waals surface area contributed by atoms with Crippen LogP contribution < -0.4 is 15.1 Å². The summed E-state index contributed by atoms with van der Waals surface area (Å²) in [5.74, 6) is 0.499. The third-order valence-electron chi connectivity index (χ3n) is 3.37. The van der Waals surface area contributed by atoms with Gasteiger partial charge in [-0.05, 0) is 23.4 Å². The second-order valence-electron chi connectivity index (χ2n) is 4.84. The number of para-hydroxylation sites is 2. The first kappa shape index (κ1) is 12.9. The lowest BCUT2D eigenvalue weighted by Gasteiger charge is -2.04. The Morgan fingerprint density at radius 3 is 3.10 bits per heavy atom. The highest BCUT2D eigenvalue weighted by molar-refractivity contribution is 7.90. The normalized spacial score (nSPS) is 14.9. The molecule has 0 amide bonds. The van der Waals surface area contributed by atoms with Crippen LogP contribution in [-0.2, 0) is 16.9 Å². The first-order valence-corrected chi connectivity index (χ1v) is 8.79. The standard InChI is InChI=1S/C15H13N3OS2/c19-21(15-17-12-3-1-2-4-13(12)18-15)9-11-7-10-5-6-16-8-14(10)20-11/h1-5,7-8,16H,6,9H2,(H,17,18). The van der Waals surface area contributed by atoms with E-state index in [0.29, 0.717) is 10.9 Å². The zero-order chi connectivity index (χ0) is 14.2. The van der Waals surface area contributed by atoms with Crippen LogP contribution in [0.2, 0.25) is 0 Å². The number of thiophene rings is 1. The van der Waals surface area contributed by atoms with Gasteiger partial charge in [0.05, 0.1) is 20.4 Å². The van der Waals surface area contributed by atoms with Crippen LogP contribution in [0.4, 0.5) is 0 Å². The molecule has 2 N–H and O–H groups in total. The second kappa shape index (κ2) is 5.22. The summed E-state index contributed by atoms with van der Waals surface area (Å²) < 4.78 is 13.7. The largest absolute Gasteiger partial charge is 0.609 e. The van der Waals surface area contributed by atoms with Gasteiger partial charge >= 0.3 is 5.16 Å². The van der Waals surface area contributed by atoms with E-state index in [9.17, 15) is 4.55 Å². The molecule has 1 aliphatic heterocycles. The van der Waals surface area contributed by atoms with Gasteiger partial charge in [-0.2, -0.15) is 4.98 Å². The predicted molar refractivity (Wildman–Crippen MR) is 86.7 cm³/mol. The van der Waals surface area contributed by atoms with E-state index >= 15 is 0 Å². The number of rotatable bonds is 3. The summed E-state index contributed by atoms with van der Waals surface area (Å²) in [6.07, 6.45) is 4.17. The molecule has 1 unspecified atom stereocenters. The number of aromatic amines is 1. The van der Waals surface area contributed by atoms with E-state index in [1.165, 1.54) is 9.75 Å². The number of fused-ring (bicyclic) bond motifs is 2. The van der Waals surface area contributed by atoms with Gasteiger partial charge in [0.1, 0.15) is 5.75 Å². The predicted octanol–water partition coefficient (Wildman–Crippen LogP) is 1.05. The summed E-state index contributed by atoms with van der Waals surface area (Å²) >= 11 is 0.531. The van der Waals surface area contributed by atoms with Crippen molar-refractivity contribution in [3.05, 3.63) is 45.0 Å². The van der Waals surface area contributed by atoms with Gasteiger partial charge in [-0.25, -0.2) is 0 Å². The van der Waals surface area contributed by atoms with Gasteiger partial charge in [-0.3, -0.25) is 4.98 Å². The van der Waals surface area contributed by atoms with Crippen LogP contribution in [0.25, 0.3) is 23.3 Å². The summed E-state index contributed by atoms with van der Waals surface area (Å²) in [4.78, 5) is 8.67. The summed E-state index contributed by atoms with van der Waals surface area (Å²) in [6, 6.07) is 9.87. The molecule has 0 radical (unpaired) electrons. The molecular formula is C15H13N3OS2. The van der Waals surface area contributed by atoms with E-state index in [0.717, 1.165) is 22.5 Å². The maximum absolute atomic E-state index is 12.5. The van der Waals surface area contributed by atoms with E-state index in [4.69, 9.17) is 0 Å². The van der Waals surface area contributed by atoms with Crippen molar-refractivity contribution in [2.24, 2.45) is 0 Å². The third-order valence-corrected chi connectivity index (χ3v) is 5.85. The summed E-state index contributed by atoms with van der Waals surface area (Å²) in [6.45, 7) is 0.857. The van der Waals surface area contributed by atoms with Crippen LogP contribution in [0.5, 0.6) is 0 Å². The third kappa shape index (κ3) is 2.46. The smallest absolute Gasteiger partial charge is 0.321 e. The molecule has 0 saturated heterocycles. The summed E-state index contributed by atoms with van der Waals surface area (Å²) in [7, 11) is 0. The average molecular weight is 315 g/mol. The maximum atomic E-state index is 12.5. The van der Waals surface area contributed by atoms with Gasteiger partial charge in [0.15, 0.2) is 0 Å². The fourth-order valence-corrected chi connectivity index (χ4v) is 4.70. The van der Waals surface area contributed by atoms with Crippen LogP contribution in [-0.4, -0.2) is 21.1 Å². The van der Waals surface area contributed by atoms with Gasteiger partial charge in [-0.1, -0.05) is 18.2 Å². The van der Waals surface area contributed by atoms with Crippen LogP contribution >= 0.6 is 11.3 Å². The number of aromatic nitrogens is 2. The molecule has 3 heterocycles. The van der Waals surface area contributed by atoms with Crippen LogP contribution in [0, 0.1) is 0 Å². The molecule has 6 heteroatoms. The minimum atomic E-state index is -1.15. The van der Waals surface area contributed by atoms with E-state index in [-0.39, 0.29) is 0 Å². The van der Waals surface area contributed by atoms with Gasteiger partial charge < -0.3 is 9.87 Å². The zero-order valence-electron chi connectivity index (χ0n) is 11.1. The van der Waals surface area contributed by atoms with E-state index < -0.39 is 11.2 Å². The van der Waals surface area contributed by atoms with E-state index in [1.807, 2.05) is 30.5 Å². The van der Waals surface area contributed by atoms with Gasteiger partial charge in [-0.15, -0.1) is 11.3 Å². The quantitative estimate of drug-likeness (QED) is 0.710. The van der Waals surface area contributed by atoms with Crippen molar-refractivity contribution in [3.8, 4) is 0 Å². The molecule has 1 atom stereocenters. The molecule has 1 aliphatic rings. The number of benzene rings is 1. The lowest BCUT2D eigenvalue weighted by molar-refractivity contribution is 0.588. The average Bonchev–Trinajstić information content (AvgIpc) is 3.10. The molecule has 0 spiro atoms. The molecule has 1 aromatic carbocycles. The van der Waals surface area contributed by atoms with Crippen molar-refractivity contribution in [1.29, 1.82) is 0 Å². The van der Waals surface area contributed by atoms with Crippen LogP contribution in [0.1, 0.15) is 4.88 Å². The lowest BCUT2D eigenvalue weighted by atomic mass is 10.3. The number of hydrogen-bond donors (Lipinski definition) is 2. The fourth-order valence-electron chi connectivity index (χ4n) is 2.37. The second-order valence-corrected chi connectivity index (χ2v) is 7.37. The molecule has 0 fully saturated rings. The molecular weight excluding hydrogens is 302 g/mol. The molecule has 21 heavy (non-hydrogen) atoms. The van der Waals surface area contributed by atoms with Crippen LogP contribution in [0.15, 0.2) is 35.5 Å². The van der Waals surface area contributed by atoms with E-state index in [1.54, 1.807) is 11.3 Å². The highest BCUT2D eigenvalue weighted by Gasteiger charge is 2.18. The summed E-state index contributed by atoms with van der Waals surface area (Å²) in [5, 5.41) is 4.97. The van der Waals surface area contributed by atoms with Crippen molar-refractivity contribution >= 4 is 45.8 Å². The fraction of sp³-hybridized carbons (Fsp3) is 0.133. The zero-order valence-corrected chi connectivity index (χ0v) is 12.8. The van der Waals surface area contributed by atoms with Crippen molar-refractivity contribution in [2.75, 3.05) is 6.54 Å². The van der Waals surface area contributed by atoms with Crippen molar-refractivity contribution in [3.63, 3.8) is 0 Å². The van der Waals surface area contributed by atoms with Crippen molar-refractivity contribution < 1.29 is 4.55 Å². The Bertz CT molecular complexity index is 846. The first-order valence-electron chi connectivity index (χ1n) is 6.65. The highest BCUT2D eigenvalue weighted by atomic mass is 32.2. The van der Waals surface area contributed by atoms with Gasteiger partial charge in [0.25, 0.3) is 0 Å². The Labute approximate surface area is 128 Å². The topological polar surface area (TPSA) is 63.8 Å². The number of hydrogen-bond acceptors (Lipinski definition) is 4.